The summed E-state index contributed by atoms with van der Waals surface area (Å²) < 4.78 is 5.92. The first-order chi connectivity index (χ1) is 9.45. The van der Waals surface area contributed by atoms with Crippen LogP contribution in [-0.4, -0.2) is 19.1 Å². The highest BCUT2D eigenvalue weighted by Gasteiger charge is 2.12. The highest BCUT2D eigenvalue weighted by atomic mass is 16.3. The van der Waals surface area contributed by atoms with E-state index >= 15 is 0 Å². The minimum atomic E-state index is 0.474. The van der Waals surface area contributed by atoms with Crippen LogP contribution in [0.3, 0.4) is 0 Å². The average molecular weight is 267 g/mol. The van der Waals surface area contributed by atoms with E-state index in [1.165, 1.54) is 5.56 Å². The number of fused-ring (bicyclic) bond motifs is 2. The van der Waals surface area contributed by atoms with Gasteiger partial charge in [0.25, 0.3) is 0 Å². The van der Waals surface area contributed by atoms with Crippen LogP contribution in [0.2, 0.25) is 0 Å². The maximum atomic E-state index is 7.86. The number of aryl methyl sites for hydroxylation is 2. The Hall–Kier alpha value is -2.36. The van der Waals surface area contributed by atoms with Gasteiger partial charge in [0.15, 0.2) is 11.3 Å². The van der Waals surface area contributed by atoms with Crippen molar-refractivity contribution in [2.75, 3.05) is 19.0 Å². The fraction of sp³-hybridized carbons (Fsp3) is 0.250. The van der Waals surface area contributed by atoms with Gasteiger partial charge in [-0.3, -0.25) is 0 Å². The Kier molecular flexibility index (Phi) is 2.74. The average Bonchev–Trinajstić information content (AvgIpc) is 2.37. The van der Waals surface area contributed by atoms with Crippen LogP contribution >= 0.6 is 0 Å². The first-order valence-corrected chi connectivity index (χ1v) is 6.53. The normalized spacial score (nSPS) is 11.2. The predicted octanol–water partition coefficient (Wildman–Crippen LogP) is 3.09. The minimum Gasteiger partial charge on any atom is -0.453 e. The van der Waals surface area contributed by atoms with Gasteiger partial charge in [0, 0.05) is 31.9 Å². The Balaban J connectivity index is 2.37. The third kappa shape index (κ3) is 1.93. The predicted molar refractivity (Wildman–Crippen MR) is 80.3 cm³/mol. The number of hydrogen-bond acceptors (Lipinski definition) is 4. The summed E-state index contributed by atoms with van der Waals surface area (Å²) in [6.45, 7) is 3.98. The Morgan fingerprint density at radius 1 is 1.05 bits per heavy atom. The molecule has 0 saturated carbocycles. The fourth-order valence-corrected chi connectivity index (χ4v) is 2.40. The van der Waals surface area contributed by atoms with Crippen molar-refractivity contribution in [2.45, 2.75) is 13.8 Å². The molecule has 3 rings (SSSR count). The summed E-state index contributed by atoms with van der Waals surface area (Å²) in [5.41, 5.74) is 5.57. The van der Waals surface area contributed by atoms with E-state index in [0.717, 1.165) is 28.0 Å². The summed E-state index contributed by atoms with van der Waals surface area (Å²) in [6, 6.07) is 7.67. The van der Waals surface area contributed by atoms with Gasteiger partial charge in [-0.2, -0.15) is 0 Å². The van der Waals surface area contributed by atoms with E-state index < -0.39 is 0 Å². The minimum absolute atomic E-state index is 0.474. The molecule has 1 aliphatic carbocycles. The molecule has 4 heteroatoms. The Labute approximate surface area is 117 Å². The molecular formula is C16H17N3O. The van der Waals surface area contributed by atoms with Crippen LogP contribution in [0.4, 0.5) is 5.69 Å². The lowest BCUT2D eigenvalue weighted by Gasteiger charge is -2.16. The molecule has 0 spiro atoms. The third-order valence-corrected chi connectivity index (χ3v) is 3.53. The first kappa shape index (κ1) is 12.7. The Morgan fingerprint density at radius 3 is 2.50 bits per heavy atom. The summed E-state index contributed by atoms with van der Waals surface area (Å²) in [5.74, 6) is 0.654. The standard InChI is InChI=1S/C16H17N3O/c1-9-5-12-15(7-11(9)17)20-16-8-14(19(3)4)10(2)6-13(16)18-12/h5-8,17H,1-4H3. The van der Waals surface area contributed by atoms with Crippen molar-refractivity contribution in [2.24, 2.45) is 0 Å². The van der Waals surface area contributed by atoms with E-state index in [4.69, 9.17) is 9.83 Å². The molecular weight excluding hydrogens is 250 g/mol. The van der Waals surface area contributed by atoms with Crippen LogP contribution in [0.5, 0.6) is 0 Å². The molecule has 0 saturated heterocycles. The van der Waals surface area contributed by atoms with Crippen molar-refractivity contribution in [3.8, 4) is 11.5 Å². The van der Waals surface area contributed by atoms with Crippen LogP contribution in [-0.2, 0) is 0 Å². The number of anilines is 1. The number of rotatable bonds is 1. The van der Waals surface area contributed by atoms with Crippen molar-refractivity contribution in [1.82, 2.24) is 4.98 Å². The molecule has 20 heavy (non-hydrogen) atoms. The van der Waals surface area contributed by atoms with Gasteiger partial charge in [-0.05, 0) is 37.1 Å². The van der Waals surface area contributed by atoms with E-state index in [1.807, 2.05) is 39.2 Å². The maximum absolute atomic E-state index is 7.86. The van der Waals surface area contributed by atoms with E-state index in [1.54, 1.807) is 6.07 Å². The topological polar surface area (TPSA) is 53.1 Å². The van der Waals surface area contributed by atoms with Gasteiger partial charge in [-0.25, -0.2) is 4.98 Å². The molecule has 0 aromatic heterocycles. The molecule has 1 N–H and O–H groups in total. The molecule has 0 amide bonds. The molecule has 0 bridgehead atoms. The highest BCUT2D eigenvalue weighted by molar-refractivity contribution is 5.81. The lowest BCUT2D eigenvalue weighted by Crippen LogP contribution is -2.10. The molecule has 0 fully saturated rings. The van der Waals surface area contributed by atoms with Gasteiger partial charge in [0.1, 0.15) is 11.2 Å². The third-order valence-electron chi connectivity index (χ3n) is 3.53. The van der Waals surface area contributed by atoms with Crippen molar-refractivity contribution in [3.63, 3.8) is 0 Å². The van der Waals surface area contributed by atoms with Crippen LogP contribution in [0, 0.1) is 19.3 Å². The van der Waals surface area contributed by atoms with Gasteiger partial charge in [0.05, 0.1) is 5.36 Å². The molecule has 4 nitrogen and oxygen atoms in total. The number of nitrogens with one attached hydrogen (secondary N) is 1. The molecule has 0 radical (unpaired) electrons. The SMILES string of the molecule is Cc1cc2nc3cc(C)c(=N)cc-3oc2cc1N(C)C. The van der Waals surface area contributed by atoms with Crippen LogP contribution in [0.1, 0.15) is 11.1 Å². The van der Waals surface area contributed by atoms with Crippen LogP contribution in [0.15, 0.2) is 28.7 Å². The zero-order valence-corrected chi connectivity index (χ0v) is 12.1. The molecule has 102 valence electrons. The van der Waals surface area contributed by atoms with Gasteiger partial charge >= 0.3 is 0 Å². The second kappa shape index (κ2) is 4.34. The Morgan fingerprint density at radius 2 is 1.80 bits per heavy atom. The molecule has 1 aliphatic heterocycles. The highest BCUT2D eigenvalue weighted by Crippen LogP contribution is 2.29. The van der Waals surface area contributed by atoms with Crippen molar-refractivity contribution < 1.29 is 4.42 Å². The largest absolute Gasteiger partial charge is 0.453 e. The van der Waals surface area contributed by atoms with Gasteiger partial charge in [-0.15, -0.1) is 0 Å². The van der Waals surface area contributed by atoms with E-state index in [2.05, 4.69) is 16.8 Å². The van der Waals surface area contributed by atoms with Crippen molar-refractivity contribution in [3.05, 3.63) is 40.7 Å². The smallest absolute Gasteiger partial charge is 0.155 e. The van der Waals surface area contributed by atoms with Gasteiger partial charge in [-0.1, -0.05) is 0 Å². The van der Waals surface area contributed by atoms with Gasteiger partial charge in [0.2, 0.25) is 0 Å². The van der Waals surface area contributed by atoms with Gasteiger partial charge < -0.3 is 14.7 Å². The lowest BCUT2D eigenvalue weighted by molar-refractivity contribution is 0.611. The lowest BCUT2D eigenvalue weighted by atomic mass is 10.1. The Bertz CT molecular complexity index is 833. The van der Waals surface area contributed by atoms with Crippen LogP contribution in [0.25, 0.3) is 22.6 Å². The number of hydrogen-bond donors (Lipinski definition) is 1. The van der Waals surface area contributed by atoms with Crippen molar-refractivity contribution >= 4 is 16.8 Å². The molecule has 1 heterocycles. The number of nitrogens with zero attached hydrogens (tertiary/aromatic N) is 2. The summed E-state index contributed by atoms with van der Waals surface area (Å²) in [6.07, 6.45) is 0. The summed E-state index contributed by atoms with van der Waals surface area (Å²) in [7, 11) is 4.02. The van der Waals surface area contributed by atoms with E-state index in [0.29, 0.717) is 11.1 Å². The number of benzene rings is 2. The zero-order valence-electron chi connectivity index (χ0n) is 12.1. The molecule has 1 aromatic rings. The summed E-state index contributed by atoms with van der Waals surface area (Å²) >= 11 is 0. The molecule has 2 aliphatic rings. The molecule has 0 atom stereocenters. The molecule has 0 unspecified atom stereocenters. The number of aromatic nitrogens is 1. The monoisotopic (exact) mass is 267 g/mol. The van der Waals surface area contributed by atoms with E-state index in [9.17, 15) is 0 Å². The van der Waals surface area contributed by atoms with Crippen molar-refractivity contribution in [1.29, 1.82) is 5.41 Å². The first-order valence-electron chi connectivity index (χ1n) is 6.53. The summed E-state index contributed by atoms with van der Waals surface area (Å²) in [4.78, 5) is 6.70. The van der Waals surface area contributed by atoms with E-state index in [-0.39, 0.29) is 0 Å². The summed E-state index contributed by atoms with van der Waals surface area (Å²) in [5, 5.41) is 8.33. The van der Waals surface area contributed by atoms with Crippen LogP contribution < -0.4 is 10.3 Å². The zero-order chi connectivity index (χ0) is 14.4. The second-order valence-electron chi connectivity index (χ2n) is 5.35. The second-order valence-corrected chi connectivity index (χ2v) is 5.35. The maximum Gasteiger partial charge on any atom is 0.155 e. The molecule has 1 aromatic carbocycles. The fourth-order valence-electron chi connectivity index (χ4n) is 2.40. The quantitative estimate of drug-likeness (QED) is 0.689.